The number of halogens is 2. The molecule has 0 aromatic heterocycles. The third-order valence-corrected chi connectivity index (χ3v) is 4.19. The van der Waals surface area contributed by atoms with Crippen LogP contribution in [0, 0.1) is 6.92 Å². The average molecular weight is 371 g/mol. The van der Waals surface area contributed by atoms with Gasteiger partial charge in [-0.25, -0.2) is 0 Å². The Kier molecular flexibility index (Phi) is 5.37. The van der Waals surface area contributed by atoms with Crippen LogP contribution in [0.5, 0.6) is 11.5 Å². The summed E-state index contributed by atoms with van der Waals surface area (Å²) in [5, 5.41) is 3.88. The highest BCUT2D eigenvalue weighted by molar-refractivity contribution is 9.10. The number of hydrogen-bond acceptors (Lipinski definition) is 3. The molecule has 2 aromatic rings. The Morgan fingerprint density at radius 2 is 1.81 bits per heavy atom. The van der Waals surface area contributed by atoms with E-state index in [0.29, 0.717) is 23.1 Å². The number of benzene rings is 2. The fraction of sp³-hybridized carbons (Fsp3) is 0.250. The first-order chi connectivity index (χ1) is 10.0. The molecule has 2 rings (SSSR count). The summed E-state index contributed by atoms with van der Waals surface area (Å²) in [6, 6.07) is 9.84. The summed E-state index contributed by atoms with van der Waals surface area (Å²) < 4.78 is 11.6. The SMILES string of the molecule is COc1cc(OC)c(NCc2ccc(C)cc2Br)cc1Cl. The summed E-state index contributed by atoms with van der Waals surface area (Å²) in [5.74, 6) is 1.29. The molecule has 0 saturated heterocycles. The molecule has 0 amide bonds. The van der Waals surface area contributed by atoms with Crippen LogP contribution >= 0.6 is 27.5 Å². The van der Waals surface area contributed by atoms with Crippen LogP contribution in [0.4, 0.5) is 5.69 Å². The second-order valence-electron chi connectivity index (χ2n) is 4.64. The molecular weight excluding hydrogens is 354 g/mol. The van der Waals surface area contributed by atoms with Gasteiger partial charge in [0.2, 0.25) is 0 Å². The van der Waals surface area contributed by atoms with Gasteiger partial charge in [0.05, 0.1) is 24.9 Å². The Bertz CT molecular complexity index is 646. The van der Waals surface area contributed by atoms with Gasteiger partial charge in [-0.05, 0) is 30.2 Å². The highest BCUT2D eigenvalue weighted by Crippen LogP contribution is 2.36. The molecule has 2 aromatic carbocycles. The van der Waals surface area contributed by atoms with E-state index in [1.165, 1.54) is 5.56 Å². The summed E-state index contributed by atoms with van der Waals surface area (Å²) in [7, 11) is 3.20. The van der Waals surface area contributed by atoms with Gasteiger partial charge in [0.15, 0.2) is 0 Å². The maximum Gasteiger partial charge on any atom is 0.145 e. The van der Waals surface area contributed by atoms with Crippen molar-refractivity contribution in [3.63, 3.8) is 0 Å². The van der Waals surface area contributed by atoms with Gasteiger partial charge in [0, 0.05) is 17.1 Å². The first-order valence-electron chi connectivity index (χ1n) is 6.45. The van der Waals surface area contributed by atoms with Crippen molar-refractivity contribution in [2.24, 2.45) is 0 Å². The molecule has 0 aliphatic heterocycles. The predicted octanol–water partition coefficient (Wildman–Crippen LogP) is 5.04. The Morgan fingerprint density at radius 1 is 1.10 bits per heavy atom. The van der Waals surface area contributed by atoms with Gasteiger partial charge < -0.3 is 14.8 Å². The molecule has 3 nitrogen and oxygen atoms in total. The third kappa shape index (κ3) is 3.83. The Balaban J connectivity index is 2.21. The maximum atomic E-state index is 6.16. The second kappa shape index (κ2) is 7.05. The summed E-state index contributed by atoms with van der Waals surface area (Å²) in [6.45, 7) is 2.73. The fourth-order valence-electron chi connectivity index (χ4n) is 1.98. The van der Waals surface area contributed by atoms with Crippen LogP contribution < -0.4 is 14.8 Å². The molecule has 0 aliphatic rings. The summed E-state index contributed by atoms with van der Waals surface area (Å²) >= 11 is 9.74. The molecule has 0 saturated carbocycles. The van der Waals surface area contributed by atoms with E-state index >= 15 is 0 Å². The fourth-order valence-corrected chi connectivity index (χ4v) is 2.86. The van der Waals surface area contributed by atoms with Crippen molar-refractivity contribution in [1.29, 1.82) is 0 Å². The zero-order valence-electron chi connectivity index (χ0n) is 12.2. The summed E-state index contributed by atoms with van der Waals surface area (Å²) in [5.41, 5.74) is 3.21. The van der Waals surface area contributed by atoms with E-state index in [4.69, 9.17) is 21.1 Å². The molecule has 0 spiro atoms. The van der Waals surface area contributed by atoms with E-state index in [-0.39, 0.29) is 0 Å². The predicted molar refractivity (Wildman–Crippen MR) is 90.8 cm³/mol. The number of hydrogen-bond donors (Lipinski definition) is 1. The van der Waals surface area contributed by atoms with Gasteiger partial charge in [0.1, 0.15) is 11.5 Å². The quantitative estimate of drug-likeness (QED) is 0.800. The van der Waals surface area contributed by atoms with Crippen molar-refractivity contribution >= 4 is 33.2 Å². The summed E-state index contributed by atoms with van der Waals surface area (Å²) in [6.07, 6.45) is 0. The number of anilines is 1. The van der Waals surface area contributed by atoms with Crippen LogP contribution in [-0.2, 0) is 6.54 Å². The highest BCUT2D eigenvalue weighted by atomic mass is 79.9. The molecular formula is C16H17BrClNO2. The van der Waals surface area contributed by atoms with Crippen LogP contribution in [0.25, 0.3) is 0 Å². The van der Waals surface area contributed by atoms with Crippen LogP contribution in [0.1, 0.15) is 11.1 Å². The topological polar surface area (TPSA) is 30.5 Å². The largest absolute Gasteiger partial charge is 0.495 e. The lowest BCUT2D eigenvalue weighted by Gasteiger charge is -2.14. The average Bonchev–Trinajstić information content (AvgIpc) is 2.46. The number of nitrogens with one attached hydrogen (secondary N) is 1. The Labute approximate surface area is 138 Å². The smallest absolute Gasteiger partial charge is 0.145 e. The molecule has 1 N–H and O–H groups in total. The normalized spacial score (nSPS) is 10.3. The van der Waals surface area contributed by atoms with Crippen molar-refractivity contribution in [2.75, 3.05) is 19.5 Å². The molecule has 0 unspecified atom stereocenters. The minimum atomic E-state index is 0.545. The van der Waals surface area contributed by atoms with E-state index in [1.807, 2.05) is 0 Å². The van der Waals surface area contributed by atoms with E-state index in [0.717, 1.165) is 15.7 Å². The molecule has 0 bridgehead atoms. The van der Waals surface area contributed by atoms with Crippen molar-refractivity contribution in [2.45, 2.75) is 13.5 Å². The minimum absolute atomic E-state index is 0.545. The monoisotopic (exact) mass is 369 g/mol. The van der Waals surface area contributed by atoms with Crippen molar-refractivity contribution in [3.8, 4) is 11.5 Å². The van der Waals surface area contributed by atoms with E-state index in [2.05, 4.69) is 46.4 Å². The van der Waals surface area contributed by atoms with Crippen molar-refractivity contribution < 1.29 is 9.47 Å². The van der Waals surface area contributed by atoms with Gasteiger partial charge >= 0.3 is 0 Å². The first kappa shape index (κ1) is 16.0. The Morgan fingerprint density at radius 3 is 2.43 bits per heavy atom. The highest BCUT2D eigenvalue weighted by Gasteiger charge is 2.10. The third-order valence-electron chi connectivity index (χ3n) is 3.15. The molecule has 0 radical (unpaired) electrons. The lowest BCUT2D eigenvalue weighted by atomic mass is 10.1. The zero-order valence-corrected chi connectivity index (χ0v) is 14.5. The molecule has 5 heteroatoms. The summed E-state index contributed by atoms with van der Waals surface area (Å²) in [4.78, 5) is 0. The van der Waals surface area contributed by atoms with E-state index in [1.54, 1.807) is 26.4 Å². The van der Waals surface area contributed by atoms with Crippen LogP contribution in [-0.4, -0.2) is 14.2 Å². The van der Waals surface area contributed by atoms with Gasteiger partial charge in [-0.3, -0.25) is 0 Å². The minimum Gasteiger partial charge on any atom is -0.495 e. The van der Waals surface area contributed by atoms with Crippen molar-refractivity contribution in [3.05, 3.63) is 51.0 Å². The van der Waals surface area contributed by atoms with E-state index < -0.39 is 0 Å². The van der Waals surface area contributed by atoms with Crippen molar-refractivity contribution in [1.82, 2.24) is 0 Å². The molecule has 112 valence electrons. The number of methoxy groups -OCH3 is 2. The molecule has 0 aliphatic carbocycles. The molecule has 0 heterocycles. The molecule has 21 heavy (non-hydrogen) atoms. The second-order valence-corrected chi connectivity index (χ2v) is 5.90. The van der Waals surface area contributed by atoms with Gasteiger partial charge in [-0.15, -0.1) is 0 Å². The van der Waals surface area contributed by atoms with Gasteiger partial charge in [0.25, 0.3) is 0 Å². The number of aryl methyl sites for hydroxylation is 1. The van der Waals surface area contributed by atoms with Crippen LogP contribution in [0.3, 0.4) is 0 Å². The van der Waals surface area contributed by atoms with E-state index in [9.17, 15) is 0 Å². The standard InChI is InChI=1S/C16H17BrClNO2/c1-10-4-5-11(12(17)6-10)9-19-14-7-13(18)15(20-2)8-16(14)21-3/h4-8,19H,9H2,1-3H3. The zero-order chi connectivity index (χ0) is 15.4. The number of ether oxygens (including phenoxy) is 2. The van der Waals surface area contributed by atoms with Crippen LogP contribution in [0.15, 0.2) is 34.8 Å². The Hall–Kier alpha value is -1.39. The lowest BCUT2D eigenvalue weighted by Crippen LogP contribution is -2.03. The maximum absolute atomic E-state index is 6.16. The van der Waals surface area contributed by atoms with Gasteiger partial charge in [-0.1, -0.05) is 39.7 Å². The van der Waals surface area contributed by atoms with Crippen LogP contribution in [0.2, 0.25) is 5.02 Å². The van der Waals surface area contributed by atoms with Gasteiger partial charge in [-0.2, -0.15) is 0 Å². The molecule has 0 atom stereocenters. The molecule has 0 fully saturated rings. The first-order valence-corrected chi connectivity index (χ1v) is 7.62. The lowest BCUT2D eigenvalue weighted by molar-refractivity contribution is 0.395. The number of rotatable bonds is 5.